The second kappa shape index (κ2) is 14.6. The highest BCUT2D eigenvalue weighted by molar-refractivity contribution is 8.05. The minimum atomic E-state index is -4.94. The molecule has 1 amide bonds. The van der Waals surface area contributed by atoms with Gasteiger partial charge in [0.15, 0.2) is 7.26 Å². The molecule has 4 aromatic carbocycles. The van der Waals surface area contributed by atoms with Crippen LogP contribution in [0.4, 0.5) is 0 Å². The first-order valence-corrected chi connectivity index (χ1v) is 16.0. The molecular formula is C29H26Cl2NO5PS. The molecule has 0 aromatic heterocycles. The highest BCUT2D eigenvalue weighted by atomic mass is 35.7. The average Bonchev–Trinajstić information content (AvgIpc) is 2.93. The summed E-state index contributed by atoms with van der Waals surface area (Å²) in [4.78, 5) is 12.6. The predicted molar refractivity (Wildman–Crippen MR) is 150 cm³/mol. The summed E-state index contributed by atoms with van der Waals surface area (Å²) in [6.45, 7) is 1.54. The van der Waals surface area contributed by atoms with Crippen molar-refractivity contribution >= 4 is 52.4 Å². The largest absolute Gasteiger partial charge is 0.295 e. The van der Waals surface area contributed by atoms with Gasteiger partial charge in [0.05, 0.1) is 0 Å². The lowest BCUT2D eigenvalue weighted by Crippen LogP contribution is -2.68. The average molecular weight is 602 g/mol. The second-order valence-electron chi connectivity index (χ2n) is 8.13. The number of thioether (sulfide) groups is 1. The van der Waals surface area contributed by atoms with Gasteiger partial charge in [0.1, 0.15) is 20.3 Å². The van der Waals surface area contributed by atoms with Crippen LogP contribution in [-0.4, -0.2) is 5.91 Å². The van der Waals surface area contributed by atoms with Crippen molar-refractivity contribution < 1.29 is 33.7 Å². The van der Waals surface area contributed by atoms with Crippen molar-refractivity contribution in [3.05, 3.63) is 137 Å². The predicted octanol–water partition coefficient (Wildman–Crippen LogP) is 1.66. The highest BCUT2D eigenvalue weighted by Crippen LogP contribution is 2.63. The van der Waals surface area contributed by atoms with Crippen molar-refractivity contribution in [2.24, 2.45) is 0 Å². The summed E-state index contributed by atoms with van der Waals surface area (Å²) in [5.41, 5.74) is 1.95. The Morgan fingerprint density at radius 2 is 1.05 bits per heavy atom. The van der Waals surface area contributed by atoms with Gasteiger partial charge in [0.2, 0.25) is 11.3 Å². The molecule has 0 fully saturated rings. The Labute approximate surface area is 240 Å². The highest BCUT2D eigenvalue weighted by Gasteiger charge is 2.52. The number of halogens is 2. The summed E-state index contributed by atoms with van der Waals surface area (Å²) in [6.07, 6.45) is 0. The molecule has 0 aliphatic rings. The monoisotopic (exact) mass is 601 g/mol. The number of carbonyl (C=O) groups is 1. The summed E-state index contributed by atoms with van der Waals surface area (Å²) in [5.74, 6) is 0.571. The summed E-state index contributed by atoms with van der Waals surface area (Å²) in [7, 11) is -7.44. The minimum Gasteiger partial charge on any atom is -0.295 e. The van der Waals surface area contributed by atoms with Crippen LogP contribution in [0.2, 0.25) is 0 Å². The molecule has 0 heterocycles. The third-order valence-electron chi connectivity index (χ3n) is 5.45. The summed E-state index contributed by atoms with van der Waals surface area (Å²) < 4.78 is 34.6. The number of nitrogens with one attached hydrogen (secondary N) is 1. The second-order valence-corrected chi connectivity index (χ2v) is 13.8. The molecule has 0 spiro atoms. The minimum absolute atomic E-state index is 0.138. The van der Waals surface area contributed by atoms with Crippen molar-refractivity contribution in [1.82, 2.24) is 5.32 Å². The van der Waals surface area contributed by atoms with E-state index in [2.05, 4.69) is 53.8 Å². The van der Waals surface area contributed by atoms with Crippen molar-refractivity contribution in [3.63, 3.8) is 0 Å². The normalized spacial score (nSPS) is 12.1. The molecule has 0 radical (unpaired) electrons. The smallest absolute Gasteiger partial charge is 0.223 e. The zero-order valence-corrected chi connectivity index (χ0v) is 24.1. The molecule has 0 saturated carbocycles. The van der Waals surface area contributed by atoms with Gasteiger partial charge >= 0.3 is 0 Å². The topological polar surface area (TPSA) is 121 Å². The van der Waals surface area contributed by atoms with Gasteiger partial charge in [-0.2, -0.15) is 0 Å². The molecule has 0 atom stereocenters. The molecule has 4 aromatic rings. The molecule has 4 rings (SSSR count). The van der Waals surface area contributed by atoms with Crippen LogP contribution in [-0.2, 0) is 10.5 Å². The summed E-state index contributed by atoms with van der Waals surface area (Å²) in [5, 5.41) is 6.59. The first-order chi connectivity index (χ1) is 18.6. The fourth-order valence-electron chi connectivity index (χ4n) is 4.01. The number of rotatable bonds is 8. The lowest BCUT2D eigenvalue weighted by Gasteiger charge is -2.30. The SMILES string of the molecule is CC(=O)N/C(=C(/Cl)SCc1ccccc1)[P+](c1ccccc1)(c1ccccc1)c1ccccc1.[O-][Cl+3]([O-])([O-])[O-]. The quantitative estimate of drug-likeness (QED) is 0.307. The first-order valence-electron chi connectivity index (χ1n) is 11.6. The van der Waals surface area contributed by atoms with Gasteiger partial charge in [-0.25, -0.2) is 18.6 Å². The first kappa shape index (κ1) is 30.8. The number of hydrogen-bond donors (Lipinski definition) is 1. The Bertz CT molecular complexity index is 1250. The molecule has 0 saturated heterocycles. The molecule has 202 valence electrons. The van der Waals surface area contributed by atoms with Gasteiger partial charge in [0, 0.05) is 12.7 Å². The van der Waals surface area contributed by atoms with Crippen molar-refractivity contribution in [3.8, 4) is 0 Å². The standard InChI is InChI=1S/C29H25ClNOPS.ClHO4/c1-23(32)31-29(28(30)34-22-24-14-6-2-7-15-24)33(25-16-8-3-9-17-25,26-18-10-4-11-19-26)27-20-12-5-13-21-27;2-1(3,4)5/h2-21H,22H2,1H3;(H,2,3,4,5)/b29-28+;. The van der Waals surface area contributed by atoms with Crippen LogP contribution in [0.1, 0.15) is 12.5 Å². The maximum absolute atomic E-state index is 12.6. The Kier molecular flexibility index (Phi) is 11.5. The van der Waals surface area contributed by atoms with Crippen LogP contribution in [0.25, 0.3) is 0 Å². The maximum Gasteiger partial charge on any atom is 0.223 e. The van der Waals surface area contributed by atoms with Gasteiger partial charge in [-0.15, -0.1) is 22.0 Å². The van der Waals surface area contributed by atoms with Crippen LogP contribution >= 0.6 is 30.6 Å². The fraction of sp³-hybridized carbons (Fsp3) is 0.0690. The van der Waals surface area contributed by atoms with Crippen molar-refractivity contribution in [2.45, 2.75) is 12.7 Å². The number of hydrogen-bond acceptors (Lipinski definition) is 6. The molecular weight excluding hydrogens is 576 g/mol. The summed E-state index contributed by atoms with van der Waals surface area (Å²) >= 11 is 8.68. The van der Waals surface area contributed by atoms with E-state index in [1.54, 1.807) is 18.7 Å². The fourth-order valence-corrected chi connectivity index (χ4v) is 10.00. The van der Waals surface area contributed by atoms with E-state index in [1.807, 2.05) is 72.8 Å². The molecule has 0 aliphatic carbocycles. The van der Waals surface area contributed by atoms with E-state index in [-0.39, 0.29) is 5.91 Å². The van der Waals surface area contributed by atoms with Gasteiger partial charge in [-0.3, -0.25) is 10.1 Å². The van der Waals surface area contributed by atoms with Crippen LogP contribution in [0, 0.1) is 10.2 Å². The molecule has 6 nitrogen and oxygen atoms in total. The molecule has 1 N–H and O–H groups in total. The van der Waals surface area contributed by atoms with Gasteiger partial charge in [-0.05, 0) is 42.0 Å². The zero-order chi connectivity index (χ0) is 28.3. The number of carbonyl (C=O) groups excluding carboxylic acids is 1. The Hall–Kier alpha value is -2.71. The number of benzene rings is 4. The van der Waals surface area contributed by atoms with E-state index >= 15 is 0 Å². The lowest BCUT2D eigenvalue weighted by atomic mass is 10.2. The van der Waals surface area contributed by atoms with Crippen LogP contribution in [0.3, 0.4) is 0 Å². The van der Waals surface area contributed by atoms with E-state index < -0.39 is 17.5 Å². The Balaban J connectivity index is 0.000000771. The zero-order valence-electron chi connectivity index (χ0n) is 20.9. The third kappa shape index (κ3) is 8.90. The Morgan fingerprint density at radius 3 is 1.38 bits per heavy atom. The molecule has 10 heteroatoms. The molecule has 0 unspecified atom stereocenters. The van der Waals surface area contributed by atoms with Gasteiger partial charge in [-0.1, -0.05) is 96.5 Å². The third-order valence-corrected chi connectivity index (χ3v) is 11.4. The lowest BCUT2D eigenvalue weighted by molar-refractivity contribution is -2.00. The van der Waals surface area contributed by atoms with E-state index in [0.29, 0.717) is 10.1 Å². The maximum atomic E-state index is 12.6. The van der Waals surface area contributed by atoms with E-state index in [9.17, 15) is 4.79 Å². The summed E-state index contributed by atoms with van der Waals surface area (Å²) in [6, 6.07) is 41.4. The van der Waals surface area contributed by atoms with Gasteiger partial charge in [0.25, 0.3) is 0 Å². The molecule has 39 heavy (non-hydrogen) atoms. The molecule has 0 aliphatic heterocycles. The number of amides is 1. The molecule has 0 bridgehead atoms. The van der Waals surface area contributed by atoms with E-state index in [4.69, 9.17) is 30.2 Å². The van der Waals surface area contributed by atoms with Crippen molar-refractivity contribution in [2.75, 3.05) is 0 Å². The van der Waals surface area contributed by atoms with Crippen molar-refractivity contribution in [1.29, 1.82) is 0 Å². The van der Waals surface area contributed by atoms with E-state index in [0.717, 1.165) is 21.4 Å². The van der Waals surface area contributed by atoms with Crippen LogP contribution in [0.15, 0.2) is 131 Å². The van der Waals surface area contributed by atoms with Crippen LogP contribution in [0.5, 0.6) is 0 Å². The van der Waals surface area contributed by atoms with Gasteiger partial charge < -0.3 is 0 Å². The van der Waals surface area contributed by atoms with E-state index in [1.165, 1.54) is 5.56 Å². The van der Waals surface area contributed by atoms with Crippen LogP contribution < -0.4 is 39.9 Å². The Morgan fingerprint density at radius 1 is 0.718 bits per heavy atom.